The number of nitrogen functional groups attached to an aromatic ring is 1. The zero-order valence-electron chi connectivity index (χ0n) is 10.6. The number of benzene rings is 1. The van der Waals surface area contributed by atoms with Crippen molar-refractivity contribution in [2.24, 2.45) is 5.92 Å². The molecule has 1 fully saturated rings. The first-order chi connectivity index (χ1) is 8.20. The van der Waals surface area contributed by atoms with E-state index in [0.29, 0.717) is 11.6 Å². The average molecular weight is 235 g/mol. The van der Waals surface area contributed by atoms with Crippen molar-refractivity contribution >= 4 is 5.69 Å². The van der Waals surface area contributed by atoms with Crippen LogP contribution in [0.25, 0.3) is 0 Å². The topological polar surface area (TPSA) is 26.0 Å². The van der Waals surface area contributed by atoms with Crippen LogP contribution in [-0.2, 0) is 0 Å². The van der Waals surface area contributed by atoms with Crippen LogP contribution in [0.5, 0.6) is 0 Å². The summed E-state index contributed by atoms with van der Waals surface area (Å²) in [5, 5.41) is 0. The summed E-state index contributed by atoms with van der Waals surface area (Å²) in [5.74, 6) is 1.15. The van der Waals surface area contributed by atoms with Crippen molar-refractivity contribution in [1.29, 1.82) is 0 Å². The van der Waals surface area contributed by atoms with Crippen molar-refractivity contribution in [3.05, 3.63) is 29.6 Å². The van der Waals surface area contributed by atoms with Gasteiger partial charge in [-0.3, -0.25) is 0 Å². The minimum Gasteiger partial charge on any atom is -0.399 e. The van der Waals surface area contributed by atoms with E-state index in [0.717, 1.165) is 24.3 Å². The van der Waals surface area contributed by atoms with E-state index in [1.807, 2.05) is 12.1 Å². The van der Waals surface area contributed by atoms with Crippen LogP contribution in [0.4, 0.5) is 10.1 Å². The number of rotatable bonds is 3. The summed E-state index contributed by atoms with van der Waals surface area (Å²) in [6, 6.07) is 5.14. The maximum atomic E-state index is 13.8. The zero-order chi connectivity index (χ0) is 12.3. The standard InChI is InChI=1S/C15H22FN/c1-2-3-11-4-6-12(7-5-11)14-9-8-13(17)10-15(14)16/h8-12H,2-7,17H2,1H3. The molecular formula is C15H22FN. The Balaban J connectivity index is 2.00. The van der Waals surface area contributed by atoms with Gasteiger partial charge in [0.25, 0.3) is 0 Å². The highest BCUT2D eigenvalue weighted by Gasteiger charge is 2.23. The molecule has 0 atom stereocenters. The minimum absolute atomic E-state index is 0.121. The van der Waals surface area contributed by atoms with E-state index in [4.69, 9.17) is 5.73 Å². The fraction of sp³-hybridized carbons (Fsp3) is 0.600. The molecule has 94 valence electrons. The summed E-state index contributed by atoms with van der Waals surface area (Å²) in [6.07, 6.45) is 7.37. The summed E-state index contributed by atoms with van der Waals surface area (Å²) in [6.45, 7) is 2.24. The largest absolute Gasteiger partial charge is 0.399 e. The molecule has 2 N–H and O–H groups in total. The Morgan fingerprint density at radius 3 is 2.53 bits per heavy atom. The lowest BCUT2D eigenvalue weighted by atomic mass is 9.77. The predicted octanol–water partition coefficient (Wildman–Crippen LogP) is 4.48. The molecule has 0 spiro atoms. The maximum absolute atomic E-state index is 13.8. The van der Waals surface area contributed by atoms with E-state index in [1.54, 1.807) is 0 Å². The van der Waals surface area contributed by atoms with Gasteiger partial charge in [0.2, 0.25) is 0 Å². The van der Waals surface area contributed by atoms with Crippen molar-refractivity contribution in [3.63, 3.8) is 0 Å². The molecule has 0 unspecified atom stereocenters. The van der Waals surface area contributed by atoms with Gasteiger partial charge in [0, 0.05) is 5.69 Å². The average Bonchev–Trinajstić information content (AvgIpc) is 2.31. The number of halogens is 1. The normalized spacial score (nSPS) is 24.8. The fourth-order valence-corrected chi connectivity index (χ4v) is 3.04. The lowest BCUT2D eigenvalue weighted by Gasteiger charge is -2.28. The van der Waals surface area contributed by atoms with E-state index in [9.17, 15) is 4.39 Å². The van der Waals surface area contributed by atoms with Crippen LogP contribution in [0.2, 0.25) is 0 Å². The van der Waals surface area contributed by atoms with Crippen LogP contribution in [0, 0.1) is 11.7 Å². The van der Waals surface area contributed by atoms with Gasteiger partial charge in [0.15, 0.2) is 0 Å². The van der Waals surface area contributed by atoms with Gasteiger partial charge < -0.3 is 5.73 Å². The van der Waals surface area contributed by atoms with Crippen molar-refractivity contribution in [3.8, 4) is 0 Å². The lowest BCUT2D eigenvalue weighted by molar-refractivity contribution is 0.304. The fourth-order valence-electron chi connectivity index (χ4n) is 3.04. The molecule has 0 heterocycles. The molecule has 0 radical (unpaired) electrons. The Bertz CT molecular complexity index is 367. The van der Waals surface area contributed by atoms with Gasteiger partial charge >= 0.3 is 0 Å². The van der Waals surface area contributed by atoms with Crippen molar-refractivity contribution in [2.45, 2.75) is 51.4 Å². The van der Waals surface area contributed by atoms with E-state index in [1.165, 1.54) is 31.7 Å². The van der Waals surface area contributed by atoms with Gasteiger partial charge in [-0.25, -0.2) is 4.39 Å². The Hall–Kier alpha value is -1.05. The van der Waals surface area contributed by atoms with Crippen molar-refractivity contribution < 1.29 is 4.39 Å². The van der Waals surface area contributed by atoms with Crippen molar-refractivity contribution in [2.75, 3.05) is 5.73 Å². The summed E-state index contributed by atoms with van der Waals surface area (Å²) in [4.78, 5) is 0. The van der Waals surface area contributed by atoms with Gasteiger partial charge in [-0.1, -0.05) is 25.8 Å². The molecule has 1 aromatic rings. The molecule has 0 amide bonds. The number of hydrogen-bond acceptors (Lipinski definition) is 1. The molecule has 0 aromatic heterocycles. The van der Waals surface area contributed by atoms with Crippen LogP contribution < -0.4 is 5.73 Å². The Morgan fingerprint density at radius 1 is 1.24 bits per heavy atom. The molecule has 1 aliphatic rings. The highest BCUT2D eigenvalue weighted by molar-refractivity contribution is 5.41. The van der Waals surface area contributed by atoms with Crippen molar-refractivity contribution in [1.82, 2.24) is 0 Å². The highest BCUT2D eigenvalue weighted by Crippen LogP contribution is 2.38. The molecule has 2 heteroatoms. The summed E-state index contributed by atoms with van der Waals surface area (Å²) in [7, 11) is 0. The van der Waals surface area contributed by atoms with Gasteiger partial charge in [-0.05, 0) is 55.2 Å². The molecule has 0 bridgehead atoms. The van der Waals surface area contributed by atoms with E-state index in [-0.39, 0.29) is 5.82 Å². The van der Waals surface area contributed by atoms with Gasteiger partial charge in [0.1, 0.15) is 5.82 Å². The molecule has 0 saturated heterocycles. The Morgan fingerprint density at radius 2 is 1.94 bits per heavy atom. The number of nitrogens with two attached hydrogens (primary N) is 1. The lowest BCUT2D eigenvalue weighted by Crippen LogP contribution is -2.14. The smallest absolute Gasteiger partial charge is 0.128 e. The Kier molecular flexibility index (Phi) is 4.03. The molecule has 17 heavy (non-hydrogen) atoms. The first-order valence-corrected chi connectivity index (χ1v) is 6.75. The van der Waals surface area contributed by atoms with Crippen LogP contribution >= 0.6 is 0 Å². The van der Waals surface area contributed by atoms with Crippen LogP contribution in [0.1, 0.15) is 56.9 Å². The second-order valence-electron chi connectivity index (χ2n) is 5.29. The summed E-state index contributed by atoms with van der Waals surface area (Å²) >= 11 is 0. The molecule has 0 aliphatic heterocycles. The SMILES string of the molecule is CCCC1CCC(c2ccc(N)cc2F)CC1. The van der Waals surface area contributed by atoms with Gasteiger partial charge in [-0.2, -0.15) is 0 Å². The first-order valence-electron chi connectivity index (χ1n) is 6.75. The molecule has 1 aliphatic carbocycles. The predicted molar refractivity (Wildman–Crippen MR) is 70.4 cm³/mol. The molecular weight excluding hydrogens is 213 g/mol. The van der Waals surface area contributed by atoms with Crippen LogP contribution in [-0.4, -0.2) is 0 Å². The number of anilines is 1. The van der Waals surface area contributed by atoms with Crippen LogP contribution in [0.3, 0.4) is 0 Å². The molecule has 2 rings (SSSR count). The van der Waals surface area contributed by atoms with Crippen LogP contribution in [0.15, 0.2) is 18.2 Å². The number of hydrogen-bond donors (Lipinski definition) is 1. The summed E-state index contributed by atoms with van der Waals surface area (Å²) < 4.78 is 13.8. The van der Waals surface area contributed by atoms with Gasteiger partial charge in [-0.15, -0.1) is 0 Å². The summed E-state index contributed by atoms with van der Waals surface area (Å²) in [5.41, 5.74) is 6.97. The third-order valence-corrected chi connectivity index (χ3v) is 4.01. The second-order valence-corrected chi connectivity index (χ2v) is 5.29. The monoisotopic (exact) mass is 235 g/mol. The Labute approximate surface area is 103 Å². The second kappa shape index (κ2) is 5.52. The van der Waals surface area contributed by atoms with E-state index in [2.05, 4.69) is 6.92 Å². The van der Waals surface area contributed by atoms with E-state index >= 15 is 0 Å². The minimum atomic E-state index is -0.121. The third-order valence-electron chi connectivity index (χ3n) is 4.01. The third kappa shape index (κ3) is 2.99. The molecule has 1 nitrogen and oxygen atoms in total. The molecule has 1 aromatic carbocycles. The maximum Gasteiger partial charge on any atom is 0.128 e. The first kappa shape index (κ1) is 12.4. The quantitative estimate of drug-likeness (QED) is 0.768. The van der Waals surface area contributed by atoms with Gasteiger partial charge in [0.05, 0.1) is 0 Å². The highest BCUT2D eigenvalue weighted by atomic mass is 19.1. The molecule has 1 saturated carbocycles. The van der Waals surface area contributed by atoms with E-state index < -0.39 is 0 Å². The zero-order valence-corrected chi connectivity index (χ0v) is 10.6.